The Hall–Kier alpha value is -1.45. The van der Waals surface area contributed by atoms with Gasteiger partial charge in [0.1, 0.15) is 11.4 Å². The van der Waals surface area contributed by atoms with E-state index in [4.69, 9.17) is 4.74 Å². The smallest absolute Gasteiger partial charge is 0.334 e. The molecule has 4 heteroatoms. The summed E-state index contributed by atoms with van der Waals surface area (Å²) in [7, 11) is 0. The molecule has 4 nitrogen and oxygen atoms in total. The van der Waals surface area contributed by atoms with Crippen molar-refractivity contribution >= 4 is 17.5 Å². The van der Waals surface area contributed by atoms with Crippen LogP contribution in [0.1, 0.15) is 58.8 Å². The van der Waals surface area contributed by atoms with Crippen LogP contribution >= 0.6 is 0 Å². The van der Waals surface area contributed by atoms with Gasteiger partial charge in [-0.3, -0.25) is 9.59 Å². The summed E-state index contributed by atoms with van der Waals surface area (Å²) in [5.74, 6) is 1.22. The number of allylic oxidation sites excluding steroid dienone is 1. The van der Waals surface area contributed by atoms with Crippen LogP contribution in [0.25, 0.3) is 0 Å². The summed E-state index contributed by atoms with van der Waals surface area (Å²) >= 11 is 0. The van der Waals surface area contributed by atoms with Crippen molar-refractivity contribution in [3.8, 4) is 0 Å². The highest BCUT2D eigenvalue weighted by atomic mass is 16.6. The maximum absolute atomic E-state index is 12.3. The molecule has 0 aliphatic heterocycles. The van der Waals surface area contributed by atoms with Gasteiger partial charge in [0.05, 0.1) is 6.42 Å². The number of rotatable bonds is 5. The molecule has 120 valence electrons. The third kappa shape index (κ3) is 3.16. The lowest BCUT2D eigenvalue weighted by molar-refractivity contribution is -0.182. The van der Waals surface area contributed by atoms with Crippen LogP contribution in [-0.4, -0.2) is 23.1 Å². The van der Waals surface area contributed by atoms with E-state index in [-0.39, 0.29) is 29.6 Å². The van der Waals surface area contributed by atoms with E-state index in [1.807, 2.05) is 0 Å². The molecule has 4 rings (SSSR count). The molecule has 4 fully saturated rings. The van der Waals surface area contributed by atoms with Crippen LogP contribution in [0.15, 0.2) is 11.6 Å². The second-order valence-electron chi connectivity index (χ2n) is 7.66. The van der Waals surface area contributed by atoms with Crippen molar-refractivity contribution in [1.29, 1.82) is 0 Å². The molecule has 4 saturated carbocycles. The van der Waals surface area contributed by atoms with Crippen molar-refractivity contribution in [2.75, 3.05) is 0 Å². The summed E-state index contributed by atoms with van der Waals surface area (Å²) in [6, 6.07) is 0. The summed E-state index contributed by atoms with van der Waals surface area (Å²) in [6.45, 7) is 2.97. The normalized spacial score (nSPS) is 36.3. The molecule has 0 aromatic rings. The molecule has 0 atom stereocenters. The van der Waals surface area contributed by atoms with E-state index in [0.29, 0.717) is 23.3 Å². The molecule has 0 unspecified atom stereocenters. The minimum absolute atomic E-state index is 0.151. The number of carbonyl (C=O) groups is 3. The van der Waals surface area contributed by atoms with E-state index in [1.165, 1.54) is 32.3 Å². The zero-order valence-corrected chi connectivity index (χ0v) is 13.4. The molecule has 4 aliphatic carbocycles. The lowest BCUT2D eigenvalue weighted by Crippen LogP contribution is -2.52. The number of ether oxygens (including phenoxy) is 1. The Labute approximate surface area is 131 Å². The highest BCUT2D eigenvalue weighted by Crippen LogP contribution is 2.57. The zero-order valence-electron chi connectivity index (χ0n) is 13.4. The Bertz CT molecular complexity index is 508. The molecule has 0 radical (unpaired) electrons. The van der Waals surface area contributed by atoms with E-state index in [9.17, 15) is 14.4 Å². The van der Waals surface area contributed by atoms with E-state index in [1.54, 1.807) is 6.92 Å². The van der Waals surface area contributed by atoms with Gasteiger partial charge in [0.25, 0.3) is 0 Å². The van der Waals surface area contributed by atoms with Crippen LogP contribution in [0.3, 0.4) is 0 Å². The van der Waals surface area contributed by atoms with Crippen LogP contribution in [-0.2, 0) is 19.1 Å². The van der Waals surface area contributed by atoms with Gasteiger partial charge < -0.3 is 4.74 Å². The summed E-state index contributed by atoms with van der Waals surface area (Å²) < 4.78 is 5.87. The third-order valence-corrected chi connectivity index (χ3v) is 5.41. The predicted molar refractivity (Wildman–Crippen MR) is 81.1 cm³/mol. The Morgan fingerprint density at radius 1 is 1.00 bits per heavy atom. The number of carbonyl (C=O) groups excluding carboxylic acids is 3. The van der Waals surface area contributed by atoms with Crippen molar-refractivity contribution in [1.82, 2.24) is 0 Å². The number of hydrogen-bond acceptors (Lipinski definition) is 4. The van der Waals surface area contributed by atoms with Crippen molar-refractivity contribution in [2.24, 2.45) is 17.8 Å². The minimum atomic E-state index is -0.390. The van der Waals surface area contributed by atoms with Gasteiger partial charge in [0, 0.05) is 5.57 Å². The minimum Gasteiger partial charge on any atom is -0.456 e. The van der Waals surface area contributed by atoms with Crippen molar-refractivity contribution < 1.29 is 19.1 Å². The van der Waals surface area contributed by atoms with Crippen LogP contribution in [0.2, 0.25) is 0 Å². The van der Waals surface area contributed by atoms with Crippen LogP contribution in [0.5, 0.6) is 0 Å². The predicted octanol–water partition coefficient (Wildman–Crippen LogP) is 2.99. The molecular weight excluding hydrogens is 280 g/mol. The first-order valence-electron chi connectivity index (χ1n) is 8.29. The molecule has 0 aromatic heterocycles. The van der Waals surface area contributed by atoms with Crippen molar-refractivity contribution in [2.45, 2.75) is 64.4 Å². The summed E-state index contributed by atoms with van der Waals surface area (Å²) in [4.78, 5) is 34.9. The SMILES string of the molecule is CC(=O)CC(=O)C=C(C)C(=O)OC12CC3CC(CC(C3)C1)C2. The molecule has 0 heterocycles. The van der Waals surface area contributed by atoms with E-state index < -0.39 is 0 Å². The maximum Gasteiger partial charge on any atom is 0.334 e. The van der Waals surface area contributed by atoms with Gasteiger partial charge in [-0.15, -0.1) is 0 Å². The highest BCUT2D eigenvalue weighted by molar-refractivity contribution is 6.07. The van der Waals surface area contributed by atoms with E-state index in [2.05, 4.69) is 0 Å². The Morgan fingerprint density at radius 3 is 1.95 bits per heavy atom. The molecule has 4 bridgehead atoms. The van der Waals surface area contributed by atoms with E-state index in [0.717, 1.165) is 19.3 Å². The molecule has 0 N–H and O–H groups in total. The fraction of sp³-hybridized carbons (Fsp3) is 0.722. The lowest BCUT2D eigenvalue weighted by atomic mass is 9.54. The van der Waals surface area contributed by atoms with E-state index >= 15 is 0 Å². The van der Waals surface area contributed by atoms with Crippen LogP contribution in [0, 0.1) is 17.8 Å². The number of hydrogen-bond donors (Lipinski definition) is 0. The van der Waals surface area contributed by atoms with Gasteiger partial charge in [0.15, 0.2) is 5.78 Å². The summed E-state index contributed by atoms with van der Waals surface area (Å²) in [5.41, 5.74) is 0.0203. The molecule has 4 aliphatic rings. The highest BCUT2D eigenvalue weighted by Gasteiger charge is 2.53. The molecule has 0 spiro atoms. The molecule has 0 saturated heterocycles. The first-order chi connectivity index (χ1) is 10.3. The number of Topliss-reactive ketones (excluding diaryl/α,β-unsaturated/α-hetero) is 1. The molecular formula is C18H24O4. The molecule has 22 heavy (non-hydrogen) atoms. The molecule has 0 amide bonds. The van der Waals surface area contributed by atoms with Crippen molar-refractivity contribution in [3.63, 3.8) is 0 Å². The van der Waals surface area contributed by atoms with Gasteiger partial charge >= 0.3 is 5.97 Å². The topological polar surface area (TPSA) is 60.4 Å². The second kappa shape index (κ2) is 5.64. The van der Waals surface area contributed by atoms with Crippen LogP contribution < -0.4 is 0 Å². The molecule has 0 aromatic carbocycles. The number of ketones is 2. The second-order valence-corrected chi connectivity index (χ2v) is 7.66. The zero-order chi connectivity index (χ0) is 15.9. The van der Waals surface area contributed by atoms with Gasteiger partial charge in [0.2, 0.25) is 0 Å². The Kier molecular flexibility index (Phi) is 3.96. The first kappa shape index (κ1) is 15.4. The van der Waals surface area contributed by atoms with Crippen molar-refractivity contribution in [3.05, 3.63) is 11.6 Å². The first-order valence-corrected chi connectivity index (χ1v) is 8.29. The number of esters is 1. The average molecular weight is 304 g/mol. The Morgan fingerprint density at radius 2 is 1.50 bits per heavy atom. The summed E-state index contributed by atoms with van der Waals surface area (Å²) in [6.07, 6.45) is 7.94. The van der Waals surface area contributed by atoms with Gasteiger partial charge in [-0.1, -0.05) is 0 Å². The standard InChI is InChI=1S/C18H24O4/c1-11(3-16(20)4-12(2)19)17(21)22-18-8-13-5-14(9-18)7-15(6-13)10-18/h3,13-15H,4-10H2,1-2H3. The third-order valence-electron chi connectivity index (χ3n) is 5.41. The fourth-order valence-electron chi connectivity index (χ4n) is 5.03. The summed E-state index contributed by atoms with van der Waals surface area (Å²) in [5, 5.41) is 0. The average Bonchev–Trinajstić information content (AvgIpc) is 2.34. The van der Waals surface area contributed by atoms with Gasteiger partial charge in [-0.25, -0.2) is 4.79 Å². The largest absolute Gasteiger partial charge is 0.456 e. The Balaban J connectivity index is 1.65. The quantitative estimate of drug-likeness (QED) is 0.445. The van der Waals surface area contributed by atoms with Crippen LogP contribution in [0.4, 0.5) is 0 Å². The van der Waals surface area contributed by atoms with Gasteiger partial charge in [-0.2, -0.15) is 0 Å². The lowest BCUT2D eigenvalue weighted by Gasteiger charge is -2.55. The maximum atomic E-state index is 12.3. The van der Waals surface area contributed by atoms with Gasteiger partial charge in [-0.05, 0) is 76.2 Å². The fourth-order valence-corrected chi connectivity index (χ4v) is 5.03. The monoisotopic (exact) mass is 304 g/mol.